The van der Waals surface area contributed by atoms with Gasteiger partial charge in [-0.25, -0.2) is 0 Å². The Morgan fingerprint density at radius 1 is 1.00 bits per heavy atom. The first-order valence-electron chi connectivity index (χ1n) is 10.6. The summed E-state index contributed by atoms with van der Waals surface area (Å²) >= 11 is 0. The van der Waals surface area contributed by atoms with Crippen LogP contribution in [-0.4, -0.2) is 16.8 Å². The van der Waals surface area contributed by atoms with Crippen molar-refractivity contribution in [2.75, 3.05) is 4.90 Å². The van der Waals surface area contributed by atoms with Crippen molar-refractivity contribution in [2.24, 2.45) is 0 Å². The molecule has 0 saturated carbocycles. The Morgan fingerprint density at radius 3 is 2.38 bits per heavy atom. The van der Waals surface area contributed by atoms with Gasteiger partial charge in [-0.05, 0) is 66.3 Å². The summed E-state index contributed by atoms with van der Waals surface area (Å²) in [6.07, 6.45) is 1.50. The van der Waals surface area contributed by atoms with E-state index in [2.05, 4.69) is 20.8 Å². The van der Waals surface area contributed by atoms with Crippen LogP contribution in [-0.2, 0) is 15.0 Å². The number of benzene rings is 2. The molecule has 1 unspecified atom stereocenters. The zero-order chi connectivity index (χ0) is 23.2. The van der Waals surface area contributed by atoms with Crippen LogP contribution >= 0.6 is 0 Å². The molecule has 5 heteroatoms. The van der Waals surface area contributed by atoms with Crippen molar-refractivity contribution < 1.29 is 19.1 Å². The molecule has 2 heterocycles. The van der Waals surface area contributed by atoms with Gasteiger partial charge in [-0.15, -0.1) is 0 Å². The average Bonchev–Trinajstić information content (AvgIpc) is 3.34. The largest absolute Gasteiger partial charge is 0.507 e. The summed E-state index contributed by atoms with van der Waals surface area (Å²) in [5.41, 5.74) is 3.79. The molecule has 1 aliphatic heterocycles. The molecule has 4 rings (SSSR count). The molecule has 32 heavy (non-hydrogen) atoms. The zero-order valence-electron chi connectivity index (χ0n) is 19.0. The van der Waals surface area contributed by atoms with E-state index in [1.165, 1.54) is 11.2 Å². The minimum absolute atomic E-state index is 0.0283. The normalized spacial score (nSPS) is 18.4. The monoisotopic (exact) mass is 429 g/mol. The number of Topliss-reactive ketones (excluding diaryl/α,β-unsaturated/α-hetero) is 1. The Balaban J connectivity index is 1.96. The Morgan fingerprint density at radius 2 is 1.75 bits per heavy atom. The van der Waals surface area contributed by atoms with E-state index in [0.717, 1.165) is 16.7 Å². The fraction of sp³-hybridized carbons (Fsp3) is 0.259. The van der Waals surface area contributed by atoms with Crippen LogP contribution < -0.4 is 4.90 Å². The molecule has 0 radical (unpaired) electrons. The molecule has 0 spiro atoms. The van der Waals surface area contributed by atoms with Gasteiger partial charge in [0.15, 0.2) is 0 Å². The summed E-state index contributed by atoms with van der Waals surface area (Å²) < 4.78 is 5.63. The van der Waals surface area contributed by atoms with Gasteiger partial charge in [-0.1, -0.05) is 45.0 Å². The van der Waals surface area contributed by atoms with Gasteiger partial charge < -0.3 is 9.52 Å². The molecule has 1 amide bonds. The number of hydrogen-bond acceptors (Lipinski definition) is 4. The van der Waals surface area contributed by atoms with E-state index in [9.17, 15) is 14.7 Å². The summed E-state index contributed by atoms with van der Waals surface area (Å²) in [5, 5.41) is 11.4. The van der Waals surface area contributed by atoms with E-state index >= 15 is 0 Å². The number of rotatable bonds is 3. The van der Waals surface area contributed by atoms with Gasteiger partial charge in [0.1, 0.15) is 17.6 Å². The van der Waals surface area contributed by atoms with E-state index in [-0.39, 0.29) is 16.7 Å². The summed E-state index contributed by atoms with van der Waals surface area (Å²) in [5.74, 6) is -1.20. The SMILES string of the molecule is Cc1cccc(N2C(=O)C(=O)/C(=C(/O)c3cc(C(C)(C)C)ccc3C)C2c2ccco2)c1. The minimum Gasteiger partial charge on any atom is -0.507 e. The lowest BCUT2D eigenvalue weighted by Gasteiger charge is -2.24. The first-order valence-corrected chi connectivity index (χ1v) is 10.6. The van der Waals surface area contributed by atoms with Crippen molar-refractivity contribution in [1.29, 1.82) is 0 Å². The maximum Gasteiger partial charge on any atom is 0.300 e. The Bertz CT molecular complexity index is 1230. The fourth-order valence-corrected chi connectivity index (χ4v) is 4.08. The third-order valence-corrected chi connectivity index (χ3v) is 5.90. The number of ketones is 1. The number of furan rings is 1. The quantitative estimate of drug-likeness (QED) is 0.323. The lowest BCUT2D eigenvalue weighted by atomic mass is 9.84. The second kappa shape index (κ2) is 7.83. The number of amides is 1. The fourth-order valence-electron chi connectivity index (χ4n) is 4.08. The highest BCUT2D eigenvalue weighted by molar-refractivity contribution is 6.51. The zero-order valence-corrected chi connectivity index (χ0v) is 19.0. The molecule has 0 bridgehead atoms. The lowest BCUT2D eigenvalue weighted by molar-refractivity contribution is -0.132. The van der Waals surface area contributed by atoms with Crippen LogP contribution in [0.25, 0.3) is 5.76 Å². The van der Waals surface area contributed by atoms with Gasteiger partial charge >= 0.3 is 0 Å². The first kappa shape index (κ1) is 21.6. The number of carbonyl (C=O) groups excluding carboxylic acids is 2. The number of aryl methyl sites for hydroxylation is 2. The number of nitrogens with zero attached hydrogens (tertiary/aromatic N) is 1. The van der Waals surface area contributed by atoms with Crippen LogP contribution in [0.2, 0.25) is 0 Å². The Hall–Kier alpha value is -3.60. The maximum absolute atomic E-state index is 13.2. The molecule has 1 atom stereocenters. The third kappa shape index (κ3) is 3.64. The van der Waals surface area contributed by atoms with Gasteiger partial charge in [0.05, 0.1) is 11.8 Å². The average molecular weight is 430 g/mol. The van der Waals surface area contributed by atoms with Crippen molar-refractivity contribution in [3.63, 3.8) is 0 Å². The first-order chi connectivity index (χ1) is 15.1. The molecule has 1 fully saturated rings. The Labute approximate surface area is 188 Å². The third-order valence-electron chi connectivity index (χ3n) is 5.90. The minimum atomic E-state index is -0.857. The standard InChI is InChI=1S/C27H27NO4/c1-16-8-6-9-19(14-16)28-23(21-10-7-13-32-21)22(25(30)26(28)31)24(29)20-15-18(27(3,4)5)12-11-17(20)2/h6-15,23,29H,1-5H3/b24-22+. The molecule has 1 saturated heterocycles. The summed E-state index contributed by atoms with van der Waals surface area (Å²) in [7, 11) is 0. The van der Waals surface area contributed by atoms with E-state index in [1.807, 2.05) is 50.2 Å². The number of anilines is 1. The van der Waals surface area contributed by atoms with Crippen LogP contribution in [0.3, 0.4) is 0 Å². The van der Waals surface area contributed by atoms with Crippen molar-refractivity contribution >= 4 is 23.1 Å². The van der Waals surface area contributed by atoms with Crippen LogP contribution in [0.4, 0.5) is 5.69 Å². The number of aliphatic hydroxyl groups is 1. The van der Waals surface area contributed by atoms with Gasteiger partial charge in [0, 0.05) is 11.3 Å². The van der Waals surface area contributed by atoms with E-state index in [1.54, 1.807) is 18.2 Å². The number of hydrogen-bond donors (Lipinski definition) is 1. The predicted octanol–water partition coefficient (Wildman–Crippen LogP) is 5.82. The van der Waals surface area contributed by atoms with Gasteiger partial charge in [-0.2, -0.15) is 0 Å². The molecule has 3 aromatic rings. The highest BCUT2D eigenvalue weighted by atomic mass is 16.3. The topological polar surface area (TPSA) is 70.8 Å². The van der Waals surface area contributed by atoms with E-state index in [0.29, 0.717) is 17.0 Å². The molecule has 164 valence electrons. The highest BCUT2D eigenvalue weighted by Crippen LogP contribution is 2.43. The van der Waals surface area contributed by atoms with Crippen LogP contribution in [0.5, 0.6) is 0 Å². The summed E-state index contributed by atoms with van der Waals surface area (Å²) in [4.78, 5) is 27.8. The predicted molar refractivity (Wildman–Crippen MR) is 125 cm³/mol. The highest BCUT2D eigenvalue weighted by Gasteiger charge is 2.48. The van der Waals surface area contributed by atoms with E-state index in [4.69, 9.17) is 4.42 Å². The molecule has 5 nitrogen and oxygen atoms in total. The van der Waals surface area contributed by atoms with Crippen LogP contribution in [0.15, 0.2) is 70.9 Å². The van der Waals surface area contributed by atoms with Crippen molar-refractivity contribution in [2.45, 2.75) is 46.1 Å². The van der Waals surface area contributed by atoms with Crippen LogP contribution in [0, 0.1) is 13.8 Å². The van der Waals surface area contributed by atoms with Gasteiger partial charge in [-0.3, -0.25) is 14.5 Å². The molecule has 1 aromatic heterocycles. The second-order valence-corrected chi connectivity index (χ2v) is 9.30. The summed E-state index contributed by atoms with van der Waals surface area (Å²) in [6, 6.07) is 15.8. The number of aliphatic hydroxyl groups excluding tert-OH is 1. The molecule has 2 aromatic carbocycles. The van der Waals surface area contributed by atoms with Crippen LogP contribution in [0.1, 0.15) is 54.8 Å². The van der Waals surface area contributed by atoms with Crippen molar-refractivity contribution in [3.05, 3.63) is 94.4 Å². The maximum atomic E-state index is 13.2. The molecular weight excluding hydrogens is 402 g/mol. The van der Waals surface area contributed by atoms with E-state index < -0.39 is 17.7 Å². The van der Waals surface area contributed by atoms with Gasteiger partial charge in [0.25, 0.3) is 11.7 Å². The lowest BCUT2D eigenvalue weighted by Crippen LogP contribution is -2.29. The smallest absolute Gasteiger partial charge is 0.300 e. The number of carbonyl (C=O) groups is 2. The molecule has 1 aliphatic rings. The molecule has 1 N–H and O–H groups in total. The van der Waals surface area contributed by atoms with Crippen molar-refractivity contribution in [1.82, 2.24) is 0 Å². The second-order valence-electron chi connectivity index (χ2n) is 9.30. The summed E-state index contributed by atoms with van der Waals surface area (Å²) in [6.45, 7) is 10.0. The molecular formula is C27H27NO4. The van der Waals surface area contributed by atoms with Gasteiger partial charge in [0.2, 0.25) is 0 Å². The van der Waals surface area contributed by atoms with Crippen molar-refractivity contribution in [3.8, 4) is 0 Å². The molecule has 0 aliphatic carbocycles. The Kier molecular flexibility index (Phi) is 5.29.